The van der Waals surface area contributed by atoms with Crippen molar-refractivity contribution >= 4 is 25.7 Å². The Morgan fingerprint density at radius 1 is 1.00 bits per heavy atom. The molecule has 13 nitrogen and oxygen atoms in total. The molecule has 0 aliphatic carbocycles. The van der Waals surface area contributed by atoms with Gasteiger partial charge in [0.05, 0.1) is 23.4 Å². The van der Waals surface area contributed by atoms with Crippen molar-refractivity contribution in [2.24, 2.45) is 5.14 Å². The maximum absolute atomic E-state index is 13.3. The fraction of sp³-hybridized carbons (Fsp3) is 0.421. The Hall–Kier alpha value is -2.21. The molecular formula is C19H26N8O5S2. The lowest BCUT2D eigenvalue weighted by Gasteiger charge is -2.31. The lowest BCUT2D eigenvalue weighted by atomic mass is 9.97. The van der Waals surface area contributed by atoms with Crippen LogP contribution < -0.4 is 37.3 Å². The number of nitrogens with zero attached hydrogens (tertiary/aromatic N) is 2. The van der Waals surface area contributed by atoms with Gasteiger partial charge in [0, 0.05) is 43.5 Å². The van der Waals surface area contributed by atoms with Gasteiger partial charge < -0.3 is 15.0 Å². The number of hydrogen-bond acceptors (Lipinski definition) is 12. The molecular weight excluding hydrogens is 484 g/mol. The van der Waals surface area contributed by atoms with Gasteiger partial charge in [-0.25, -0.2) is 37.8 Å². The Morgan fingerprint density at radius 2 is 1.71 bits per heavy atom. The Labute approximate surface area is 197 Å². The third kappa shape index (κ3) is 4.19. The number of sulfonamides is 1. The van der Waals surface area contributed by atoms with Gasteiger partial charge in [-0.15, -0.1) is 0 Å². The maximum Gasteiger partial charge on any atom is 0.239 e. The highest BCUT2D eigenvalue weighted by molar-refractivity contribution is 7.94. The second-order valence-electron chi connectivity index (χ2n) is 8.17. The SMILES string of the molecule is NS(=O)(=O)c1c(S(=O)(=O)C2CNC2)ccc(-c2cccnc2N2CCOCC2)c1C1NNNN1. The number of hydrazine groups is 3. The number of nitrogens with two attached hydrogens (primary N) is 1. The number of hydrogen-bond donors (Lipinski definition) is 6. The van der Waals surface area contributed by atoms with Gasteiger partial charge in [0.15, 0.2) is 9.84 Å². The van der Waals surface area contributed by atoms with E-state index in [9.17, 15) is 16.8 Å². The van der Waals surface area contributed by atoms with E-state index in [4.69, 9.17) is 9.88 Å². The molecule has 0 saturated carbocycles. The van der Waals surface area contributed by atoms with Crippen LogP contribution in [0.3, 0.4) is 0 Å². The highest BCUT2D eigenvalue weighted by Gasteiger charge is 2.39. The van der Waals surface area contributed by atoms with Crippen LogP contribution in [0.5, 0.6) is 0 Å². The van der Waals surface area contributed by atoms with Crippen LogP contribution in [0.15, 0.2) is 40.3 Å². The number of pyridine rings is 1. The van der Waals surface area contributed by atoms with Crippen molar-refractivity contribution in [1.82, 2.24) is 32.2 Å². The molecule has 3 fully saturated rings. The topological polar surface area (TPSA) is 180 Å². The van der Waals surface area contributed by atoms with Crippen molar-refractivity contribution in [3.63, 3.8) is 0 Å². The first-order valence-corrected chi connectivity index (χ1v) is 13.8. The number of anilines is 1. The number of benzene rings is 1. The smallest absolute Gasteiger partial charge is 0.239 e. The number of aromatic nitrogens is 1. The van der Waals surface area contributed by atoms with Gasteiger partial charge in [0.25, 0.3) is 0 Å². The van der Waals surface area contributed by atoms with Crippen molar-refractivity contribution < 1.29 is 21.6 Å². The van der Waals surface area contributed by atoms with Crippen LogP contribution in [0.4, 0.5) is 5.82 Å². The zero-order chi connectivity index (χ0) is 23.9. The van der Waals surface area contributed by atoms with E-state index in [-0.39, 0.29) is 23.5 Å². The zero-order valence-corrected chi connectivity index (χ0v) is 19.7. The van der Waals surface area contributed by atoms with E-state index >= 15 is 0 Å². The van der Waals surface area contributed by atoms with E-state index in [2.05, 4.69) is 37.1 Å². The second-order valence-corrected chi connectivity index (χ2v) is 11.9. The monoisotopic (exact) mass is 510 g/mol. The Bertz CT molecular complexity index is 1290. The zero-order valence-electron chi connectivity index (χ0n) is 18.1. The molecule has 7 N–H and O–H groups in total. The predicted molar refractivity (Wildman–Crippen MR) is 123 cm³/mol. The van der Waals surface area contributed by atoms with Gasteiger partial charge >= 0.3 is 0 Å². The van der Waals surface area contributed by atoms with Crippen LogP contribution in [0.1, 0.15) is 11.7 Å². The highest BCUT2D eigenvalue weighted by Crippen LogP contribution is 2.40. The Balaban J connectivity index is 1.77. The summed E-state index contributed by atoms with van der Waals surface area (Å²) >= 11 is 0. The van der Waals surface area contributed by atoms with Crippen LogP contribution >= 0.6 is 0 Å². The van der Waals surface area contributed by atoms with E-state index in [0.29, 0.717) is 43.2 Å². The van der Waals surface area contributed by atoms with Crippen molar-refractivity contribution in [1.29, 1.82) is 0 Å². The number of ether oxygens (including phenoxy) is 1. The quantitative estimate of drug-likeness (QED) is 0.254. The molecule has 0 amide bonds. The van der Waals surface area contributed by atoms with Crippen LogP contribution in [-0.2, 0) is 24.6 Å². The minimum atomic E-state index is -4.46. The molecule has 0 spiro atoms. The molecule has 15 heteroatoms. The molecule has 1 aromatic carbocycles. The summed E-state index contributed by atoms with van der Waals surface area (Å²) in [5.74, 6) is 0.644. The van der Waals surface area contributed by atoms with E-state index in [1.165, 1.54) is 6.07 Å². The van der Waals surface area contributed by atoms with Gasteiger partial charge in [0.1, 0.15) is 16.9 Å². The summed E-state index contributed by atoms with van der Waals surface area (Å²) in [6.07, 6.45) is 0.849. The van der Waals surface area contributed by atoms with E-state index in [1.54, 1.807) is 18.3 Å². The van der Waals surface area contributed by atoms with Gasteiger partial charge in [-0.3, -0.25) is 0 Å². The molecule has 0 unspecified atom stereocenters. The van der Waals surface area contributed by atoms with Crippen molar-refractivity contribution in [2.45, 2.75) is 21.2 Å². The number of morpholine rings is 1. The number of rotatable bonds is 6. The van der Waals surface area contributed by atoms with Gasteiger partial charge in [0.2, 0.25) is 10.0 Å². The van der Waals surface area contributed by atoms with Gasteiger partial charge in [-0.1, -0.05) is 6.07 Å². The fourth-order valence-corrected chi connectivity index (χ4v) is 7.55. The number of nitrogens with one attached hydrogen (secondary N) is 5. The highest BCUT2D eigenvalue weighted by atomic mass is 32.2. The summed E-state index contributed by atoms with van der Waals surface area (Å²) in [5, 5.41) is 7.85. The molecule has 184 valence electrons. The average Bonchev–Trinajstić information content (AvgIpc) is 3.31. The minimum Gasteiger partial charge on any atom is -0.378 e. The normalized spacial score (nSPS) is 20.4. The molecule has 34 heavy (non-hydrogen) atoms. The summed E-state index contributed by atoms with van der Waals surface area (Å²) in [6.45, 7) is 2.80. The van der Waals surface area contributed by atoms with Crippen LogP contribution in [0.25, 0.3) is 11.1 Å². The van der Waals surface area contributed by atoms with E-state index < -0.39 is 36.2 Å². The molecule has 4 heterocycles. The molecule has 0 radical (unpaired) electrons. The summed E-state index contributed by atoms with van der Waals surface area (Å²) in [4.78, 5) is 5.85. The molecule has 0 bridgehead atoms. The lowest BCUT2D eigenvalue weighted by Crippen LogP contribution is -2.51. The lowest BCUT2D eigenvalue weighted by molar-refractivity contribution is 0.122. The van der Waals surface area contributed by atoms with Gasteiger partial charge in [-0.2, -0.15) is 11.1 Å². The maximum atomic E-state index is 13.3. The average molecular weight is 511 g/mol. The van der Waals surface area contributed by atoms with E-state index in [0.717, 1.165) is 0 Å². The van der Waals surface area contributed by atoms with Crippen molar-refractivity contribution in [3.8, 4) is 11.1 Å². The van der Waals surface area contributed by atoms with Crippen molar-refractivity contribution in [2.75, 3.05) is 44.3 Å². The predicted octanol–water partition coefficient (Wildman–Crippen LogP) is -1.91. The van der Waals surface area contributed by atoms with Crippen LogP contribution in [-0.4, -0.2) is 66.5 Å². The van der Waals surface area contributed by atoms with E-state index in [1.807, 2.05) is 6.07 Å². The standard InChI is InChI=1S/C19H26N8O5S2/c20-34(30,31)17-15(33(28,29)12-10-21-11-12)4-3-13(16(17)18-23-25-26-24-18)14-2-1-5-22-19(14)27-6-8-32-9-7-27/h1-5,12,18,21,23-26H,6-11H2,(H2,20,30,31). The Morgan fingerprint density at radius 3 is 2.32 bits per heavy atom. The van der Waals surface area contributed by atoms with Gasteiger partial charge in [-0.05, 0) is 23.8 Å². The summed E-state index contributed by atoms with van der Waals surface area (Å²) in [7, 11) is -8.42. The third-order valence-electron chi connectivity index (χ3n) is 6.11. The van der Waals surface area contributed by atoms with Crippen LogP contribution in [0.2, 0.25) is 0 Å². The fourth-order valence-electron chi connectivity index (χ4n) is 4.31. The summed E-state index contributed by atoms with van der Waals surface area (Å²) < 4.78 is 58.0. The molecule has 5 rings (SSSR count). The third-order valence-corrected chi connectivity index (χ3v) is 9.41. The second kappa shape index (κ2) is 9.10. The largest absolute Gasteiger partial charge is 0.378 e. The molecule has 3 saturated heterocycles. The van der Waals surface area contributed by atoms with Crippen LogP contribution in [0, 0.1) is 0 Å². The minimum absolute atomic E-state index is 0.177. The summed E-state index contributed by atoms with van der Waals surface area (Å²) in [6, 6.07) is 6.52. The molecule has 3 aliphatic rings. The number of primary sulfonamides is 1. The molecule has 2 aromatic rings. The number of sulfone groups is 1. The summed E-state index contributed by atoms with van der Waals surface area (Å²) in [5.41, 5.74) is 12.4. The first-order valence-electron chi connectivity index (χ1n) is 10.7. The molecule has 3 aliphatic heterocycles. The van der Waals surface area contributed by atoms with Crippen molar-refractivity contribution in [3.05, 3.63) is 36.0 Å². The molecule has 0 atom stereocenters. The first-order chi connectivity index (χ1) is 16.3. The Kier molecular flexibility index (Phi) is 6.30. The first kappa shape index (κ1) is 23.5. The molecule has 1 aromatic heterocycles.